The molecule has 2 amide bonds. The van der Waals surface area contributed by atoms with Crippen LogP contribution in [-0.4, -0.2) is 76.3 Å². The number of methoxy groups -OCH3 is 2. The Kier molecular flexibility index (Phi) is 14.3. The van der Waals surface area contributed by atoms with Crippen molar-refractivity contribution < 1.29 is 28.7 Å². The third-order valence-electron chi connectivity index (χ3n) is 3.78. The van der Waals surface area contributed by atoms with Gasteiger partial charge >= 0.3 is 179 Å². The molecule has 0 rings (SSSR count). The first-order valence-electron chi connectivity index (χ1n) is 9.12. The van der Waals surface area contributed by atoms with Crippen molar-refractivity contribution in [2.75, 3.05) is 14.2 Å². The molecule has 0 saturated carbocycles. The first-order valence-corrected chi connectivity index (χ1v) is 15.9. The summed E-state index contributed by atoms with van der Waals surface area (Å²) in [5, 5.41) is 6.97. The van der Waals surface area contributed by atoms with E-state index in [4.69, 9.17) is 9.47 Å². The predicted octanol–water partition coefficient (Wildman–Crippen LogP) is 0.554. The van der Waals surface area contributed by atoms with Crippen LogP contribution in [0.3, 0.4) is 0 Å². The van der Waals surface area contributed by atoms with Gasteiger partial charge in [0.15, 0.2) is 0 Å². The summed E-state index contributed by atoms with van der Waals surface area (Å²) in [6.07, 6.45) is 0.734. The van der Waals surface area contributed by atoms with Crippen molar-refractivity contribution in [3.8, 4) is 0 Å². The number of ether oxygens (including phenoxy) is 2. The van der Waals surface area contributed by atoms with Crippen molar-refractivity contribution >= 4 is 50.0 Å². The van der Waals surface area contributed by atoms with Gasteiger partial charge in [-0.25, -0.2) is 0 Å². The van der Waals surface area contributed by atoms with Crippen molar-refractivity contribution in [2.24, 2.45) is 11.8 Å². The van der Waals surface area contributed by atoms with E-state index >= 15 is 0 Å². The minimum atomic E-state index is -0.622. The standard InChI is InChI=1S/C18H32N2O6Se2/c1-11(2)15(17(23)25-5)19-13(21)7-9-27-28-10-8-14(22)20-16(12(3)4)18(24)26-6/h11-12,15-16H,7-10H2,1-6H3,(H,19,21)(H,20,22)/t15-,16-/m0/s1. The van der Waals surface area contributed by atoms with E-state index in [1.807, 2.05) is 27.7 Å². The van der Waals surface area contributed by atoms with Crippen LogP contribution in [0, 0.1) is 11.8 Å². The number of esters is 2. The number of carbonyl (C=O) groups is 4. The molecule has 0 spiro atoms. The van der Waals surface area contributed by atoms with Crippen LogP contribution in [0.1, 0.15) is 40.5 Å². The van der Waals surface area contributed by atoms with E-state index < -0.39 is 24.0 Å². The Balaban J connectivity index is 4.05. The average Bonchev–Trinajstić information content (AvgIpc) is 2.65. The first-order chi connectivity index (χ1) is 13.1. The summed E-state index contributed by atoms with van der Waals surface area (Å²) in [6, 6.07) is -1.24. The second-order valence-electron chi connectivity index (χ2n) is 6.77. The van der Waals surface area contributed by atoms with E-state index in [0.717, 1.165) is 10.6 Å². The van der Waals surface area contributed by atoms with Gasteiger partial charge in [0.2, 0.25) is 0 Å². The fourth-order valence-electron chi connectivity index (χ4n) is 2.13. The van der Waals surface area contributed by atoms with Crippen LogP contribution < -0.4 is 10.6 Å². The maximum atomic E-state index is 12.0. The van der Waals surface area contributed by atoms with Crippen LogP contribution in [-0.2, 0) is 28.7 Å². The van der Waals surface area contributed by atoms with Gasteiger partial charge in [-0.05, 0) is 0 Å². The summed E-state index contributed by atoms with van der Waals surface area (Å²) in [6.45, 7) is 7.40. The second kappa shape index (κ2) is 14.9. The van der Waals surface area contributed by atoms with Gasteiger partial charge in [0, 0.05) is 0 Å². The van der Waals surface area contributed by atoms with Gasteiger partial charge in [-0.15, -0.1) is 0 Å². The van der Waals surface area contributed by atoms with Crippen molar-refractivity contribution in [3.63, 3.8) is 0 Å². The molecular formula is C18H32N2O6Se2. The molecule has 0 aromatic carbocycles. The van der Waals surface area contributed by atoms with Gasteiger partial charge in [0.25, 0.3) is 0 Å². The molecule has 0 unspecified atom stereocenters. The van der Waals surface area contributed by atoms with Crippen LogP contribution in [0.5, 0.6) is 0 Å². The molecule has 0 heterocycles. The van der Waals surface area contributed by atoms with E-state index in [1.165, 1.54) is 14.2 Å². The Labute approximate surface area is 178 Å². The van der Waals surface area contributed by atoms with Gasteiger partial charge in [0.05, 0.1) is 0 Å². The Morgan fingerprint density at radius 1 is 0.714 bits per heavy atom. The van der Waals surface area contributed by atoms with Crippen LogP contribution in [0.2, 0.25) is 10.6 Å². The summed E-state index contributed by atoms with van der Waals surface area (Å²) in [5.74, 6) is -1.25. The Morgan fingerprint density at radius 2 is 1.04 bits per heavy atom. The molecule has 0 fully saturated rings. The van der Waals surface area contributed by atoms with Gasteiger partial charge in [-0.3, -0.25) is 0 Å². The topological polar surface area (TPSA) is 111 Å². The summed E-state index contributed by atoms with van der Waals surface area (Å²) in [4.78, 5) is 47.3. The number of amides is 2. The Hall–Kier alpha value is -1.08. The van der Waals surface area contributed by atoms with E-state index in [0.29, 0.717) is 39.1 Å². The molecule has 2 N–H and O–H groups in total. The minimum absolute atomic E-state index is 0.0377. The molecule has 0 saturated heterocycles. The third-order valence-corrected chi connectivity index (χ3v) is 11.1. The van der Waals surface area contributed by atoms with E-state index in [-0.39, 0.29) is 23.7 Å². The quantitative estimate of drug-likeness (QED) is 0.205. The van der Waals surface area contributed by atoms with Gasteiger partial charge < -0.3 is 0 Å². The van der Waals surface area contributed by atoms with Crippen LogP contribution >= 0.6 is 0 Å². The summed E-state index contributed by atoms with van der Waals surface area (Å²) < 4.78 is 9.41. The number of hydrogen-bond acceptors (Lipinski definition) is 6. The first kappa shape index (κ1) is 26.9. The molecule has 0 aromatic heterocycles. The Bertz CT molecular complexity index is 482. The molecule has 8 nitrogen and oxygen atoms in total. The molecule has 0 aliphatic heterocycles. The zero-order valence-corrected chi connectivity index (χ0v) is 20.8. The molecule has 0 aliphatic carbocycles. The number of rotatable bonds is 13. The number of nitrogens with one attached hydrogen (secondary N) is 2. The van der Waals surface area contributed by atoms with Crippen molar-refractivity contribution in [1.82, 2.24) is 10.6 Å². The van der Waals surface area contributed by atoms with E-state index in [2.05, 4.69) is 10.6 Å². The molecule has 0 bridgehead atoms. The summed E-state index contributed by atoms with van der Waals surface area (Å²) in [5.41, 5.74) is 0. The van der Waals surface area contributed by atoms with E-state index in [1.54, 1.807) is 0 Å². The zero-order chi connectivity index (χ0) is 21.7. The fourth-order valence-corrected chi connectivity index (χ4v) is 8.14. The second-order valence-corrected chi connectivity index (χ2v) is 14.6. The molecule has 10 heteroatoms. The SMILES string of the molecule is COC(=O)[C@@H](NC(=O)CC[Se][Se]CCC(=O)N[C@H](C(=O)OC)C(C)C)C(C)C. The summed E-state index contributed by atoms with van der Waals surface area (Å²) >= 11 is 0.589. The van der Waals surface area contributed by atoms with Gasteiger partial charge in [0.1, 0.15) is 0 Å². The molecule has 162 valence electrons. The maximum absolute atomic E-state index is 12.0. The average molecular weight is 530 g/mol. The summed E-state index contributed by atoms with van der Waals surface area (Å²) in [7, 11) is 2.61. The predicted molar refractivity (Wildman–Crippen MR) is 108 cm³/mol. The number of hydrogen-bond donors (Lipinski definition) is 2. The third kappa shape index (κ3) is 11.1. The molecule has 0 aromatic rings. The molecule has 2 atom stereocenters. The van der Waals surface area contributed by atoms with Crippen molar-refractivity contribution in [2.45, 2.75) is 63.3 Å². The molecular weight excluding hydrogens is 498 g/mol. The normalized spacial score (nSPS) is 13.0. The van der Waals surface area contributed by atoms with Crippen molar-refractivity contribution in [3.05, 3.63) is 0 Å². The zero-order valence-electron chi connectivity index (χ0n) is 17.4. The molecule has 28 heavy (non-hydrogen) atoms. The fraction of sp³-hybridized carbons (Fsp3) is 0.778. The Morgan fingerprint density at radius 3 is 1.29 bits per heavy atom. The molecule has 0 radical (unpaired) electrons. The monoisotopic (exact) mass is 532 g/mol. The van der Waals surface area contributed by atoms with Crippen LogP contribution in [0.25, 0.3) is 0 Å². The van der Waals surface area contributed by atoms with Crippen molar-refractivity contribution in [1.29, 1.82) is 0 Å². The van der Waals surface area contributed by atoms with Crippen LogP contribution in [0.4, 0.5) is 0 Å². The van der Waals surface area contributed by atoms with Crippen LogP contribution in [0.15, 0.2) is 0 Å². The molecule has 0 aliphatic rings. The van der Waals surface area contributed by atoms with Gasteiger partial charge in [-0.1, -0.05) is 0 Å². The van der Waals surface area contributed by atoms with E-state index in [9.17, 15) is 19.2 Å². The number of carbonyl (C=O) groups excluding carboxylic acids is 4. The van der Waals surface area contributed by atoms with Gasteiger partial charge in [-0.2, -0.15) is 0 Å².